The van der Waals surface area contributed by atoms with Gasteiger partial charge in [-0.05, 0) is 28.8 Å². The maximum absolute atomic E-state index is 11.3. The molecule has 15 heavy (non-hydrogen) atoms. The Hall–Kier alpha value is -1.31. The molecule has 0 saturated heterocycles. The van der Waals surface area contributed by atoms with Gasteiger partial charge in [-0.15, -0.1) is 12.3 Å². The molecule has 1 atom stereocenters. The Morgan fingerprint density at radius 1 is 1.73 bits per heavy atom. The first-order valence-corrected chi connectivity index (χ1v) is 5.66. The first-order valence-electron chi connectivity index (χ1n) is 4.72. The van der Waals surface area contributed by atoms with Crippen LogP contribution in [-0.2, 0) is 11.2 Å². The average Bonchev–Trinajstić information content (AvgIpc) is 2.71. The topological polar surface area (TPSA) is 55.1 Å². The molecular weight excluding hydrogens is 208 g/mol. The molecule has 0 aromatic carbocycles. The van der Waals surface area contributed by atoms with Crippen molar-refractivity contribution in [3.8, 4) is 12.3 Å². The summed E-state index contributed by atoms with van der Waals surface area (Å²) in [5.41, 5.74) is 6.76. The first kappa shape index (κ1) is 11.8. The van der Waals surface area contributed by atoms with Crippen LogP contribution in [0, 0.1) is 12.3 Å². The summed E-state index contributed by atoms with van der Waals surface area (Å²) >= 11 is 1.65. The number of nitrogens with one attached hydrogen (secondary N) is 1. The predicted molar refractivity (Wildman–Crippen MR) is 62.5 cm³/mol. The molecule has 1 rings (SSSR count). The fourth-order valence-electron chi connectivity index (χ4n) is 1.12. The lowest BCUT2D eigenvalue weighted by Crippen LogP contribution is -2.41. The van der Waals surface area contributed by atoms with Crippen molar-refractivity contribution in [2.45, 2.75) is 18.9 Å². The average molecular weight is 222 g/mol. The Balaban J connectivity index is 2.20. The van der Waals surface area contributed by atoms with Gasteiger partial charge in [0.15, 0.2) is 0 Å². The van der Waals surface area contributed by atoms with Crippen LogP contribution in [0.15, 0.2) is 16.8 Å². The Kier molecular flexibility index (Phi) is 4.88. The van der Waals surface area contributed by atoms with Gasteiger partial charge in [-0.1, -0.05) is 0 Å². The van der Waals surface area contributed by atoms with Crippen molar-refractivity contribution in [1.29, 1.82) is 0 Å². The lowest BCUT2D eigenvalue weighted by molar-refractivity contribution is -0.122. The minimum atomic E-state index is -0.586. The van der Waals surface area contributed by atoms with E-state index in [-0.39, 0.29) is 12.3 Å². The van der Waals surface area contributed by atoms with E-state index < -0.39 is 6.04 Å². The fraction of sp³-hybridized carbons (Fsp3) is 0.364. The van der Waals surface area contributed by atoms with Gasteiger partial charge in [0.2, 0.25) is 5.91 Å². The molecule has 0 bridgehead atoms. The van der Waals surface area contributed by atoms with E-state index in [2.05, 4.69) is 16.6 Å². The van der Waals surface area contributed by atoms with Crippen LogP contribution in [0.5, 0.6) is 0 Å². The third kappa shape index (κ3) is 4.15. The number of hydrogen-bond acceptors (Lipinski definition) is 3. The number of terminal acetylenes is 1. The molecule has 1 amide bonds. The largest absolute Gasteiger partial charge is 0.354 e. The quantitative estimate of drug-likeness (QED) is 0.723. The zero-order chi connectivity index (χ0) is 11.1. The molecule has 0 aliphatic rings. The monoisotopic (exact) mass is 222 g/mol. The summed E-state index contributed by atoms with van der Waals surface area (Å²) in [5, 5.41) is 6.83. The SMILES string of the molecule is C#CCC(N)C(=O)NCCc1ccsc1. The molecule has 4 heteroatoms. The van der Waals surface area contributed by atoms with Gasteiger partial charge in [0.25, 0.3) is 0 Å². The third-order valence-electron chi connectivity index (χ3n) is 1.97. The Bertz CT molecular complexity index is 340. The van der Waals surface area contributed by atoms with Crippen molar-refractivity contribution in [1.82, 2.24) is 5.32 Å². The molecule has 0 aliphatic carbocycles. The maximum atomic E-state index is 11.3. The van der Waals surface area contributed by atoms with Crippen LogP contribution >= 0.6 is 11.3 Å². The molecule has 0 spiro atoms. The van der Waals surface area contributed by atoms with Crippen molar-refractivity contribution in [2.24, 2.45) is 5.73 Å². The lowest BCUT2D eigenvalue weighted by Gasteiger charge is -2.08. The second-order valence-corrected chi connectivity index (χ2v) is 3.97. The number of carbonyl (C=O) groups is 1. The van der Waals surface area contributed by atoms with E-state index in [0.717, 1.165) is 6.42 Å². The Morgan fingerprint density at radius 2 is 2.53 bits per heavy atom. The molecular formula is C11H14N2OS. The summed E-state index contributed by atoms with van der Waals surface area (Å²) in [7, 11) is 0. The maximum Gasteiger partial charge on any atom is 0.237 e. The summed E-state index contributed by atoms with van der Waals surface area (Å²) in [5.74, 6) is 2.19. The molecule has 3 N–H and O–H groups in total. The Labute approximate surface area is 93.7 Å². The molecule has 80 valence electrons. The van der Waals surface area contributed by atoms with Crippen molar-refractivity contribution >= 4 is 17.2 Å². The smallest absolute Gasteiger partial charge is 0.237 e. The fourth-order valence-corrected chi connectivity index (χ4v) is 1.82. The molecule has 1 unspecified atom stereocenters. The van der Waals surface area contributed by atoms with E-state index in [4.69, 9.17) is 12.2 Å². The van der Waals surface area contributed by atoms with E-state index in [1.165, 1.54) is 5.56 Å². The normalized spacial score (nSPS) is 11.7. The lowest BCUT2D eigenvalue weighted by atomic mass is 10.2. The van der Waals surface area contributed by atoms with Gasteiger partial charge in [0.05, 0.1) is 6.04 Å². The van der Waals surface area contributed by atoms with Gasteiger partial charge in [0, 0.05) is 13.0 Å². The zero-order valence-corrected chi connectivity index (χ0v) is 9.22. The van der Waals surface area contributed by atoms with Crippen LogP contribution in [-0.4, -0.2) is 18.5 Å². The van der Waals surface area contributed by atoms with E-state index in [9.17, 15) is 4.79 Å². The summed E-state index contributed by atoms with van der Waals surface area (Å²) < 4.78 is 0. The number of nitrogens with two attached hydrogens (primary N) is 1. The first-order chi connectivity index (χ1) is 7.24. The predicted octanol–water partition coefficient (Wildman–Crippen LogP) is 0.757. The standard InChI is InChI=1S/C11H14N2OS/c1-2-3-10(12)11(14)13-6-4-9-5-7-15-8-9/h1,5,7-8,10H,3-4,6,12H2,(H,13,14). The highest BCUT2D eigenvalue weighted by atomic mass is 32.1. The van der Waals surface area contributed by atoms with Crippen LogP contribution in [0.1, 0.15) is 12.0 Å². The van der Waals surface area contributed by atoms with E-state index in [1.807, 2.05) is 11.4 Å². The van der Waals surface area contributed by atoms with E-state index in [1.54, 1.807) is 11.3 Å². The highest BCUT2D eigenvalue weighted by Crippen LogP contribution is 2.05. The minimum absolute atomic E-state index is 0.178. The number of thiophene rings is 1. The number of rotatable bonds is 5. The zero-order valence-electron chi connectivity index (χ0n) is 8.40. The van der Waals surface area contributed by atoms with Crippen molar-refractivity contribution < 1.29 is 4.79 Å². The van der Waals surface area contributed by atoms with Crippen LogP contribution in [0.25, 0.3) is 0 Å². The number of carbonyl (C=O) groups excluding carboxylic acids is 1. The Morgan fingerprint density at radius 3 is 3.13 bits per heavy atom. The number of hydrogen-bond donors (Lipinski definition) is 2. The molecule has 1 heterocycles. The highest BCUT2D eigenvalue weighted by Gasteiger charge is 2.10. The summed E-state index contributed by atoms with van der Waals surface area (Å²) in [6.07, 6.45) is 6.18. The summed E-state index contributed by atoms with van der Waals surface area (Å²) in [6.45, 7) is 0.605. The minimum Gasteiger partial charge on any atom is -0.354 e. The number of amides is 1. The van der Waals surface area contributed by atoms with Gasteiger partial charge < -0.3 is 11.1 Å². The molecule has 0 radical (unpaired) electrons. The van der Waals surface area contributed by atoms with Gasteiger partial charge in [-0.3, -0.25) is 4.79 Å². The molecule has 1 aromatic heterocycles. The summed E-state index contributed by atoms with van der Waals surface area (Å²) in [4.78, 5) is 11.3. The van der Waals surface area contributed by atoms with Crippen LogP contribution < -0.4 is 11.1 Å². The molecule has 0 saturated carbocycles. The third-order valence-corrected chi connectivity index (χ3v) is 2.70. The van der Waals surface area contributed by atoms with Crippen molar-refractivity contribution in [2.75, 3.05) is 6.54 Å². The molecule has 3 nitrogen and oxygen atoms in total. The van der Waals surface area contributed by atoms with Crippen molar-refractivity contribution in [3.05, 3.63) is 22.4 Å². The van der Waals surface area contributed by atoms with E-state index >= 15 is 0 Å². The molecule has 1 aromatic rings. The van der Waals surface area contributed by atoms with Gasteiger partial charge in [-0.2, -0.15) is 11.3 Å². The second-order valence-electron chi connectivity index (χ2n) is 3.19. The van der Waals surface area contributed by atoms with Crippen molar-refractivity contribution in [3.63, 3.8) is 0 Å². The van der Waals surface area contributed by atoms with Crippen LogP contribution in [0.2, 0.25) is 0 Å². The van der Waals surface area contributed by atoms with Gasteiger partial charge in [0.1, 0.15) is 0 Å². The highest BCUT2D eigenvalue weighted by molar-refractivity contribution is 7.07. The molecule has 0 aliphatic heterocycles. The van der Waals surface area contributed by atoms with E-state index in [0.29, 0.717) is 6.54 Å². The second kappa shape index (κ2) is 6.23. The van der Waals surface area contributed by atoms with Gasteiger partial charge >= 0.3 is 0 Å². The summed E-state index contributed by atoms with van der Waals surface area (Å²) in [6, 6.07) is 1.45. The van der Waals surface area contributed by atoms with Gasteiger partial charge in [-0.25, -0.2) is 0 Å². The molecule has 0 fully saturated rings. The van der Waals surface area contributed by atoms with Crippen LogP contribution in [0.3, 0.4) is 0 Å². The van der Waals surface area contributed by atoms with Crippen LogP contribution in [0.4, 0.5) is 0 Å².